The number of anilines is 3. The first kappa shape index (κ1) is 27.9. The molecule has 9 rings (SSSR count). The van der Waals surface area contributed by atoms with Crippen LogP contribution in [0.15, 0.2) is 192 Å². The van der Waals surface area contributed by atoms with Crippen molar-refractivity contribution in [3.63, 3.8) is 0 Å². The number of fused-ring (bicyclic) bond motifs is 5. The van der Waals surface area contributed by atoms with E-state index >= 15 is 0 Å². The fourth-order valence-corrected chi connectivity index (χ4v) is 7.00. The number of furan rings is 1. The lowest BCUT2D eigenvalue weighted by Gasteiger charge is -2.28. The van der Waals surface area contributed by atoms with Crippen LogP contribution in [0.4, 0.5) is 17.1 Å². The van der Waals surface area contributed by atoms with Crippen molar-refractivity contribution < 1.29 is 4.42 Å². The fraction of sp³-hybridized carbons (Fsp3) is 0. The predicted molar refractivity (Wildman–Crippen MR) is 202 cm³/mol. The Labute approximate surface area is 279 Å². The van der Waals surface area contributed by atoms with Gasteiger partial charge in [0.15, 0.2) is 0 Å². The maximum absolute atomic E-state index is 6.55. The molecule has 0 aliphatic carbocycles. The Bertz CT molecular complexity index is 2550. The number of hydrogen-bond donors (Lipinski definition) is 0. The average molecular weight is 614 g/mol. The van der Waals surface area contributed by atoms with E-state index in [9.17, 15) is 0 Å². The van der Waals surface area contributed by atoms with Crippen LogP contribution in [0.1, 0.15) is 0 Å². The van der Waals surface area contributed by atoms with E-state index in [1.165, 1.54) is 27.6 Å². The number of benzene rings is 8. The molecule has 0 unspecified atom stereocenters. The van der Waals surface area contributed by atoms with Crippen molar-refractivity contribution in [1.29, 1.82) is 0 Å². The number of hydrogen-bond acceptors (Lipinski definition) is 2. The van der Waals surface area contributed by atoms with Gasteiger partial charge in [-0.1, -0.05) is 146 Å². The molecule has 0 spiro atoms. The van der Waals surface area contributed by atoms with Gasteiger partial charge in [-0.15, -0.1) is 0 Å². The van der Waals surface area contributed by atoms with Crippen molar-refractivity contribution in [3.8, 4) is 33.4 Å². The van der Waals surface area contributed by atoms with Crippen LogP contribution in [0.2, 0.25) is 0 Å². The minimum Gasteiger partial charge on any atom is -0.455 e. The van der Waals surface area contributed by atoms with Crippen molar-refractivity contribution in [2.24, 2.45) is 0 Å². The van der Waals surface area contributed by atoms with Crippen LogP contribution in [0.5, 0.6) is 0 Å². The van der Waals surface area contributed by atoms with E-state index in [-0.39, 0.29) is 0 Å². The second-order valence-electron chi connectivity index (χ2n) is 12.1. The van der Waals surface area contributed by atoms with Crippen molar-refractivity contribution in [2.45, 2.75) is 0 Å². The third-order valence-corrected chi connectivity index (χ3v) is 9.26. The van der Waals surface area contributed by atoms with Crippen LogP contribution < -0.4 is 4.90 Å². The molecule has 0 fully saturated rings. The van der Waals surface area contributed by atoms with E-state index in [2.05, 4.69) is 193 Å². The molecule has 0 saturated carbocycles. The second-order valence-corrected chi connectivity index (χ2v) is 12.1. The van der Waals surface area contributed by atoms with Gasteiger partial charge in [0.1, 0.15) is 11.2 Å². The van der Waals surface area contributed by atoms with Crippen LogP contribution in [-0.2, 0) is 0 Å². The summed E-state index contributed by atoms with van der Waals surface area (Å²) >= 11 is 0. The molecule has 0 saturated heterocycles. The lowest BCUT2D eigenvalue weighted by atomic mass is 9.97. The minimum atomic E-state index is 0.895. The van der Waals surface area contributed by atoms with E-state index in [1.807, 2.05) is 0 Å². The lowest BCUT2D eigenvalue weighted by Crippen LogP contribution is -2.11. The maximum atomic E-state index is 6.55. The summed E-state index contributed by atoms with van der Waals surface area (Å²) < 4.78 is 6.55. The highest BCUT2D eigenvalue weighted by molar-refractivity contribution is 6.19. The van der Waals surface area contributed by atoms with E-state index in [1.54, 1.807) is 0 Å². The first-order chi connectivity index (χ1) is 23.8. The Hall–Kier alpha value is -6.38. The molecule has 9 aromatic rings. The zero-order valence-corrected chi connectivity index (χ0v) is 26.3. The van der Waals surface area contributed by atoms with E-state index in [0.29, 0.717) is 0 Å². The first-order valence-corrected chi connectivity index (χ1v) is 16.4. The molecule has 2 nitrogen and oxygen atoms in total. The van der Waals surface area contributed by atoms with Crippen LogP contribution in [0.25, 0.3) is 66.1 Å². The van der Waals surface area contributed by atoms with Gasteiger partial charge in [-0.3, -0.25) is 0 Å². The molecule has 0 radical (unpaired) electrons. The third-order valence-electron chi connectivity index (χ3n) is 9.26. The Morgan fingerprint density at radius 1 is 0.375 bits per heavy atom. The van der Waals surface area contributed by atoms with Crippen molar-refractivity contribution in [3.05, 3.63) is 188 Å². The highest BCUT2D eigenvalue weighted by Crippen LogP contribution is 2.44. The fourth-order valence-electron chi connectivity index (χ4n) is 7.00. The minimum absolute atomic E-state index is 0.895. The van der Waals surface area contributed by atoms with Crippen LogP contribution in [-0.4, -0.2) is 0 Å². The summed E-state index contributed by atoms with van der Waals surface area (Å²) in [4.78, 5) is 2.38. The highest BCUT2D eigenvalue weighted by atomic mass is 16.3. The summed E-state index contributed by atoms with van der Waals surface area (Å²) in [6, 6.07) is 66.8. The summed E-state index contributed by atoms with van der Waals surface area (Å²) in [6.45, 7) is 0. The largest absolute Gasteiger partial charge is 0.455 e. The predicted octanol–water partition coefficient (Wildman–Crippen LogP) is 13.2. The molecule has 48 heavy (non-hydrogen) atoms. The molecule has 0 aliphatic heterocycles. The van der Waals surface area contributed by atoms with Crippen molar-refractivity contribution in [2.75, 3.05) is 4.90 Å². The standard InChI is InChI=1S/C46H31NO/c1-3-13-32(14-4-1)33-25-28-37(29-26-33)47(43-23-10-9-20-39(43)34-15-5-2-6-16-34)38-19-11-18-36(31-38)40-22-12-24-44-45(40)42-30-27-35-17-7-8-21-41(35)46(42)48-44/h1-31H. The summed E-state index contributed by atoms with van der Waals surface area (Å²) in [5.41, 5.74) is 12.2. The Morgan fingerprint density at radius 3 is 1.85 bits per heavy atom. The monoisotopic (exact) mass is 613 g/mol. The van der Waals surface area contributed by atoms with Gasteiger partial charge in [-0.2, -0.15) is 0 Å². The zero-order valence-electron chi connectivity index (χ0n) is 26.3. The summed E-state index contributed by atoms with van der Waals surface area (Å²) in [5.74, 6) is 0. The van der Waals surface area contributed by atoms with Gasteiger partial charge >= 0.3 is 0 Å². The van der Waals surface area contributed by atoms with Gasteiger partial charge in [-0.05, 0) is 75.7 Å². The molecule has 1 heterocycles. The maximum Gasteiger partial charge on any atom is 0.143 e. The molecular formula is C46H31NO. The lowest BCUT2D eigenvalue weighted by molar-refractivity contribution is 0.673. The molecule has 0 aliphatic rings. The van der Waals surface area contributed by atoms with Gasteiger partial charge in [-0.25, -0.2) is 0 Å². The normalized spacial score (nSPS) is 11.3. The Balaban J connectivity index is 1.23. The highest BCUT2D eigenvalue weighted by Gasteiger charge is 2.19. The molecule has 0 amide bonds. The summed E-state index contributed by atoms with van der Waals surface area (Å²) in [6.07, 6.45) is 0. The topological polar surface area (TPSA) is 16.4 Å². The summed E-state index contributed by atoms with van der Waals surface area (Å²) in [5, 5.41) is 4.58. The molecule has 2 heteroatoms. The van der Waals surface area contributed by atoms with Gasteiger partial charge < -0.3 is 9.32 Å². The smallest absolute Gasteiger partial charge is 0.143 e. The average Bonchev–Trinajstić information content (AvgIpc) is 3.56. The third kappa shape index (κ3) is 4.83. The van der Waals surface area contributed by atoms with Gasteiger partial charge in [0.05, 0.1) is 5.69 Å². The quantitative estimate of drug-likeness (QED) is 0.185. The van der Waals surface area contributed by atoms with E-state index in [0.717, 1.165) is 55.5 Å². The van der Waals surface area contributed by atoms with Gasteiger partial charge in [0, 0.05) is 33.1 Å². The van der Waals surface area contributed by atoms with Crippen LogP contribution in [0, 0.1) is 0 Å². The van der Waals surface area contributed by atoms with Gasteiger partial charge in [0.25, 0.3) is 0 Å². The van der Waals surface area contributed by atoms with Crippen molar-refractivity contribution >= 4 is 49.8 Å². The molecule has 0 N–H and O–H groups in total. The SMILES string of the molecule is c1ccc(-c2ccc(N(c3cccc(-c4cccc5oc6c7ccccc7ccc6c45)c3)c3ccccc3-c3ccccc3)cc2)cc1. The molecule has 8 aromatic carbocycles. The van der Waals surface area contributed by atoms with E-state index in [4.69, 9.17) is 4.42 Å². The molecule has 226 valence electrons. The number of rotatable bonds is 6. The molecule has 0 atom stereocenters. The zero-order chi connectivity index (χ0) is 31.9. The molecular weight excluding hydrogens is 583 g/mol. The number of nitrogens with zero attached hydrogens (tertiary/aromatic N) is 1. The molecule has 1 aromatic heterocycles. The molecule has 0 bridgehead atoms. The van der Waals surface area contributed by atoms with Crippen LogP contribution in [0.3, 0.4) is 0 Å². The Morgan fingerprint density at radius 2 is 1.02 bits per heavy atom. The second kappa shape index (κ2) is 11.8. The van der Waals surface area contributed by atoms with Crippen LogP contribution >= 0.6 is 0 Å². The first-order valence-electron chi connectivity index (χ1n) is 16.4. The van der Waals surface area contributed by atoms with Gasteiger partial charge in [0.2, 0.25) is 0 Å². The summed E-state index contributed by atoms with van der Waals surface area (Å²) in [7, 11) is 0. The van der Waals surface area contributed by atoms with Crippen molar-refractivity contribution in [1.82, 2.24) is 0 Å². The van der Waals surface area contributed by atoms with E-state index < -0.39 is 0 Å². The number of para-hydroxylation sites is 1. The Kier molecular flexibility index (Phi) is 6.84.